The maximum atomic E-state index is 12.8. The molecule has 0 spiro atoms. The average Bonchev–Trinajstić information content (AvgIpc) is 3.03. The van der Waals surface area contributed by atoms with E-state index in [0.717, 1.165) is 16.7 Å². The Hall–Kier alpha value is -2.48. The minimum Gasteiger partial charge on any atom is -0.395 e. The normalized spacial score (nSPS) is 15.0. The molecule has 162 valence electrons. The van der Waals surface area contributed by atoms with E-state index in [0.29, 0.717) is 35.2 Å². The van der Waals surface area contributed by atoms with Crippen molar-refractivity contribution in [3.8, 4) is 0 Å². The molecule has 1 aliphatic rings. The van der Waals surface area contributed by atoms with Gasteiger partial charge in [-0.2, -0.15) is 0 Å². The summed E-state index contributed by atoms with van der Waals surface area (Å²) in [6.45, 7) is 3.08. The summed E-state index contributed by atoms with van der Waals surface area (Å²) in [5.74, 6) is -0.155. The minimum atomic E-state index is -0.112. The van der Waals surface area contributed by atoms with Crippen LogP contribution in [0.4, 0.5) is 0 Å². The first-order valence-corrected chi connectivity index (χ1v) is 11.4. The zero-order valence-corrected chi connectivity index (χ0v) is 19.1. The molecule has 0 bridgehead atoms. The summed E-state index contributed by atoms with van der Waals surface area (Å²) in [7, 11) is 0. The number of rotatable bonds is 9. The van der Waals surface area contributed by atoms with E-state index in [9.17, 15) is 14.7 Å². The van der Waals surface area contributed by atoms with E-state index in [1.54, 1.807) is 9.80 Å². The van der Waals surface area contributed by atoms with Gasteiger partial charge in [-0.3, -0.25) is 14.5 Å². The summed E-state index contributed by atoms with van der Waals surface area (Å²) >= 11 is 6.69. The lowest BCUT2D eigenvalue weighted by Crippen LogP contribution is -2.34. The molecule has 1 aliphatic heterocycles. The van der Waals surface area contributed by atoms with Gasteiger partial charge < -0.3 is 10.0 Å². The Morgan fingerprint density at radius 1 is 1.16 bits per heavy atom. The van der Waals surface area contributed by atoms with Crippen molar-refractivity contribution >= 4 is 46.2 Å². The second-order valence-electron chi connectivity index (χ2n) is 7.37. The molecule has 1 fully saturated rings. The second kappa shape index (κ2) is 11.2. The number of aliphatic hydroxyl groups excluding tert-OH is 1. The summed E-state index contributed by atoms with van der Waals surface area (Å²) in [5.41, 5.74) is 3.14. The Bertz CT molecular complexity index is 959. The molecule has 2 aromatic carbocycles. The van der Waals surface area contributed by atoms with E-state index in [-0.39, 0.29) is 25.0 Å². The van der Waals surface area contributed by atoms with Crippen molar-refractivity contribution in [1.29, 1.82) is 0 Å². The standard InChI is InChI=1S/C24H26N2O3S2/c1-18-9-11-19(12-10-18)16-21-23(29)26(24(30)31-21)13-5-8-22(28)25(14-15-27)17-20-6-3-2-4-7-20/h2-4,6-7,9-12,16,27H,5,8,13-15,17H2,1H3. The number of thioether (sulfide) groups is 1. The van der Waals surface area contributed by atoms with Crippen LogP contribution in [0.3, 0.4) is 0 Å². The monoisotopic (exact) mass is 454 g/mol. The lowest BCUT2D eigenvalue weighted by Gasteiger charge is -2.22. The third kappa shape index (κ3) is 6.50. The van der Waals surface area contributed by atoms with Crippen LogP contribution >= 0.6 is 24.0 Å². The van der Waals surface area contributed by atoms with E-state index in [1.807, 2.05) is 67.6 Å². The maximum absolute atomic E-state index is 12.8. The highest BCUT2D eigenvalue weighted by Crippen LogP contribution is 2.32. The molecular formula is C24H26N2O3S2. The average molecular weight is 455 g/mol. The van der Waals surface area contributed by atoms with Crippen LogP contribution in [0.1, 0.15) is 29.5 Å². The van der Waals surface area contributed by atoms with E-state index in [2.05, 4.69) is 0 Å². The Kier molecular flexibility index (Phi) is 8.40. The predicted molar refractivity (Wildman–Crippen MR) is 129 cm³/mol. The van der Waals surface area contributed by atoms with Crippen molar-refractivity contribution in [3.63, 3.8) is 0 Å². The summed E-state index contributed by atoms with van der Waals surface area (Å²) < 4.78 is 0.521. The molecule has 1 N–H and O–H groups in total. The minimum absolute atomic E-state index is 0.0430. The molecule has 0 atom stereocenters. The largest absolute Gasteiger partial charge is 0.395 e. The maximum Gasteiger partial charge on any atom is 0.266 e. The van der Waals surface area contributed by atoms with Gasteiger partial charge in [0, 0.05) is 26.1 Å². The van der Waals surface area contributed by atoms with Gasteiger partial charge in [-0.05, 0) is 30.5 Å². The van der Waals surface area contributed by atoms with Crippen LogP contribution < -0.4 is 0 Å². The summed E-state index contributed by atoms with van der Waals surface area (Å²) in [6, 6.07) is 17.7. The Morgan fingerprint density at radius 3 is 2.55 bits per heavy atom. The molecule has 1 saturated heterocycles. The first kappa shape index (κ1) is 23.2. The number of carbonyl (C=O) groups is 2. The number of nitrogens with zero attached hydrogens (tertiary/aromatic N) is 2. The molecule has 2 aromatic rings. The van der Waals surface area contributed by atoms with Gasteiger partial charge in [0.1, 0.15) is 4.32 Å². The van der Waals surface area contributed by atoms with Gasteiger partial charge >= 0.3 is 0 Å². The van der Waals surface area contributed by atoms with E-state index in [4.69, 9.17) is 12.2 Å². The van der Waals surface area contributed by atoms with Crippen LogP contribution in [-0.2, 0) is 16.1 Å². The zero-order chi connectivity index (χ0) is 22.2. The topological polar surface area (TPSA) is 60.9 Å². The van der Waals surface area contributed by atoms with Crippen LogP contribution in [0.2, 0.25) is 0 Å². The van der Waals surface area contributed by atoms with Gasteiger partial charge in [-0.15, -0.1) is 0 Å². The summed E-state index contributed by atoms with van der Waals surface area (Å²) in [6.07, 6.45) is 2.66. The van der Waals surface area contributed by atoms with Crippen molar-refractivity contribution in [2.45, 2.75) is 26.3 Å². The lowest BCUT2D eigenvalue weighted by atomic mass is 10.1. The number of carbonyl (C=O) groups excluding carboxylic acids is 2. The Balaban J connectivity index is 1.55. The fourth-order valence-corrected chi connectivity index (χ4v) is 4.58. The summed E-state index contributed by atoms with van der Waals surface area (Å²) in [5, 5.41) is 9.32. The van der Waals surface area contributed by atoms with Crippen molar-refractivity contribution in [2.75, 3.05) is 19.7 Å². The number of hydrogen-bond donors (Lipinski definition) is 1. The lowest BCUT2D eigenvalue weighted by molar-refractivity contribution is -0.132. The zero-order valence-electron chi connectivity index (χ0n) is 17.5. The van der Waals surface area contributed by atoms with Crippen molar-refractivity contribution < 1.29 is 14.7 Å². The van der Waals surface area contributed by atoms with Gasteiger partial charge in [0.15, 0.2) is 0 Å². The first-order chi connectivity index (χ1) is 15.0. The van der Waals surface area contributed by atoms with Crippen LogP contribution in [-0.4, -0.2) is 50.7 Å². The predicted octanol–water partition coefficient (Wildman–Crippen LogP) is 4.00. The highest BCUT2D eigenvalue weighted by atomic mass is 32.2. The number of thiocarbonyl (C=S) groups is 1. The van der Waals surface area contributed by atoms with Gasteiger partial charge in [0.2, 0.25) is 5.91 Å². The highest BCUT2D eigenvalue weighted by Gasteiger charge is 2.31. The molecule has 0 saturated carbocycles. The molecule has 7 heteroatoms. The third-order valence-electron chi connectivity index (χ3n) is 4.96. The van der Waals surface area contributed by atoms with Crippen molar-refractivity contribution in [2.24, 2.45) is 0 Å². The fraction of sp³-hybridized carbons (Fsp3) is 0.292. The number of aliphatic hydroxyl groups is 1. The molecule has 0 aromatic heterocycles. The van der Waals surface area contributed by atoms with Gasteiger partial charge in [0.25, 0.3) is 5.91 Å². The van der Waals surface area contributed by atoms with Gasteiger partial charge in [0.05, 0.1) is 11.5 Å². The number of aryl methyl sites for hydroxylation is 1. The number of hydrogen-bond acceptors (Lipinski definition) is 5. The molecule has 0 aliphatic carbocycles. The highest BCUT2D eigenvalue weighted by molar-refractivity contribution is 8.26. The second-order valence-corrected chi connectivity index (χ2v) is 9.05. The SMILES string of the molecule is Cc1ccc(C=C2SC(=S)N(CCCC(=O)N(CCO)Cc3ccccc3)C2=O)cc1. The molecule has 5 nitrogen and oxygen atoms in total. The molecule has 3 rings (SSSR count). The van der Waals surface area contributed by atoms with E-state index < -0.39 is 0 Å². The quantitative estimate of drug-likeness (QED) is 0.458. The van der Waals surface area contributed by atoms with Crippen molar-refractivity contribution in [1.82, 2.24) is 9.80 Å². The van der Waals surface area contributed by atoms with Crippen LogP contribution in [0.15, 0.2) is 59.5 Å². The van der Waals surface area contributed by atoms with Crippen LogP contribution in [0.5, 0.6) is 0 Å². The first-order valence-electron chi connectivity index (χ1n) is 10.2. The van der Waals surface area contributed by atoms with Crippen molar-refractivity contribution in [3.05, 3.63) is 76.2 Å². The Morgan fingerprint density at radius 2 is 1.87 bits per heavy atom. The van der Waals surface area contributed by atoms with E-state index in [1.165, 1.54) is 11.8 Å². The molecule has 0 unspecified atom stereocenters. The molecule has 2 amide bonds. The van der Waals surface area contributed by atoms with Gasteiger partial charge in [-0.1, -0.05) is 84.1 Å². The smallest absolute Gasteiger partial charge is 0.266 e. The van der Waals surface area contributed by atoms with E-state index >= 15 is 0 Å². The number of benzene rings is 2. The fourth-order valence-electron chi connectivity index (χ4n) is 3.27. The molecule has 1 heterocycles. The third-order valence-corrected chi connectivity index (χ3v) is 6.34. The van der Waals surface area contributed by atoms with Crippen LogP contribution in [0, 0.1) is 6.92 Å². The van der Waals surface area contributed by atoms with Crippen LogP contribution in [0.25, 0.3) is 6.08 Å². The molecule has 0 radical (unpaired) electrons. The van der Waals surface area contributed by atoms with Gasteiger partial charge in [-0.25, -0.2) is 0 Å². The molecule has 31 heavy (non-hydrogen) atoms. The number of amides is 2. The summed E-state index contributed by atoms with van der Waals surface area (Å²) in [4.78, 5) is 29.3. The molecular weight excluding hydrogens is 428 g/mol. The Labute approximate surface area is 192 Å².